The van der Waals surface area contributed by atoms with Crippen LogP contribution in [-0.4, -0.2) is 89.5 Å². The zero-order valence-electron chi connectivity index (χ0n) is 31.7. The van der Waals surface area contributed by atoms with Crippen LogP contribution in [0.25, 0.3) is 0 Å². The predicted molar refractivity (Wildman–Crippen MR) is 213 cm³/mol. The number of benzene rings is 2. The Morgan fingerprint density at radius 2 is 1.06 bits per heavy atom. The number of nitrogens with one attached hydrogen (secondary N) is 2. The molecule has 54 heavy (non-hydrogen) atoms. The van der Waals surface area contributed by atoms with Gasteiger partial charge in [0.25, 0.3) is 0 Å². The molecule has 0 radical (unpaired) electrons. The number of primary sulfonamides is 1. The Morgan fingerprint density at radius 3 is 1.50 bits per heavy atom. The maximum Gasteiger partial charge on any atom is 0.332 e. The fourth-order valence-electron chi connectivity index (χ4n) is 9.14. The van der Waals surface area contributed by atoms with Gasteiger partial charge in [-0.3, -0.25) is 0 Å². The van der Waals surface area contributed by atoms with Crippen LogP contribution in [0.2, 0.25) is 0 Å². The highest BCUT2D eigenvalue weighted by molar-refractivity contribution is 7.90. The standard InChI is InChI=1S/C20H29N3O3S.C13H13NO.C7H16N2O2S/c24-20(22-27(25,26)13-12-23-10-2-1-3-11-23)21-19-17-8-4-6-15(17)14-16-7-5-9-18(16)19;15-8-14-13-11-5-1-3-9(11)7-10-4-2-6-12(10)13;8-12(10,11)7-6-9-4-2-1-3-5-9/h14H,1-13H2,(H2,21,22,24);7H,1-6H2;1-7H2,(H2,8,10,11). The van der Waals surface area contributed by atoms with E-state index in [-0.39, 0.29) is 11.5 Å². The van der Waals surface area contributed by atoms with E-state index in [0.717, 1.165) is 115 Å². The minimum Gasteiger partial charge on any atom is -0.307 e. The van der Waals surface area contributed by atoms with Crippen molar-refractivity contribution in [3.8, 4) is 0 Å². The van der Waals surface area contributed by atoms with Gasteiger partial charge in [0.2, 0.25) is 26.1 Å². The van der Waals surface area contributed by atoms with Crippen LogP contribution in [0.15, 0.2) is 17.1 Å². The van der Waals surface area contributed by atoms with Gasteiger partial charge in [-0.1, -0.05) is 25.0 Å². The Balaban J connectivity index is 0.000000154. The normalized spacial score (nSPS) is 19.2. The SMILES string of the molecule is NS(=O)(=O)CCN1CCCCC1.O=C(Nc1c2c(cc3c1CCC3)CCC2)NS(=O)(=O)CCN1CCCCC1.O=C=Nc1c2c(cc3c1CCC3)CCC2. The van der Waals surface area contributed by atoms with Crippen LogP contribution >= 0.6 is 0 Å². The van der Waals surface area contributed by atoms with E-state index in [1.807, 2.05) is 0 Å². The highest BCUT2D eigenvalue weighted by Gasteiger charge is 2.27. The molecule has 2 aromatic rings. The lowest BCUT2D eigenvalue weighted by atomic mass is 9.99. The molecule has 12 nitrogen and oxygen atoms in total. The molecule has 0 aromatic heterocycles. The highest BCUT2D eigenvalue weighted by Crippen LogP contribution is 2.40. The number of nitrogens with two attached hydrogens (primary N) is 1. The third-order valence-electron chi connectivity index (χ3n) is 11.8. The van der Waals surface area contributed by atoms with Crippen LogP contribution in [0, 0.1) is 0 Å². The average Bonchev–Trinajstić information content (AvgIpc) is 3.99. The van der Waals surface area contributed by atoms with Crippen LogP contribution < -0.4 is 15.2 Å². The number of urea groups is 1. The summed E-state index contributed by atoms with van der Waals surface area (Å²) in [6.45, 7) is 5.02. The second-order valence-corrected chi connectivity index (χ2v) is 19.3. The highest BCUT2D eigenvalue weighted by atomic mass is 32.2. The zero-order chi connectivity index (χ0) is 38.1. The number of nitrogens with zero attached hydrogens (tertiary/aromatic N) is 3. The fourth-order valence-corrected chi connectivity index (χ4v) is 10.6. The van der Waals surface area contributed by atoms with E-state index in [1.165, 1.54) is 83.0 Å². The first-order chi connectivity index (χ1) is 26.0. The van der Waals surface area contributed by atoms with Crippen LogP contribution in [0.1, 0.15) is 109 Å². The van der Waals surface area contributed by atoms with E-state index in [1.54, 1.807) is 6.08 Å². The van der Waals surface area contributed by atoms with Crippen LogP contribution in [0.3, 0.4) is 0 Å². The third-order valence-corrected chi connectivity index (χ3v) is 13.8. The molecule has 2 fully saturated rings. The summed E-state index contributed by atoms with van der Waals surface area (Å²) >= 11 is 0. The number of aliphatic imine (C=N–C) groups is 1. The Kier molecular flexibility index (Phi) is 14.0. The smallest absolute Gasteiger partial charge is 0.307 e. The van der Waals surface area contributed by atoms with Crippen molar-refractivity contribution in [2.45, 2.75) is 116 Å². The number of isocyanates is 1. The lowest BCUT2D eigenvalue weighted by Crippen LogP contribution is -2.41. The molecule has 0 unspecified atom stereocenters. The molecule has 8 rings (SSSR count). The number of carbonyl (C=O) groups excluding carboxylic acids is 2. The molecule has 0 bridgehead atoms. The minimum atomic E-state index is -3.63. The molecule has 0 saturated carbocycles. The first kappa shape index (κ1) is 40.5. The van der Waals surface area contributed by atoms with E-state index < -0.39 is 26.1 Å². The Labute approximate surface area is 321 Å². The van der Waals surface area contributed by atoms with E-state index in [0.29, 0.717) is 13.1 Å². The molecule has 0 atom stereocenters. The summed E-state index contributed by atoms with van der Waals surface area (Å²) in [6.07, 6.45) is 21.9. The number of carbonyl (C=O) groups is 1. The Hall–Kier alpha value is -3.13. The third kappa shape index (κ3) is 11.0. The molecule has 2 aromatic carbocycles. The number of sulfonamides is 2. The number of hydrogen-bond acceptors (Lipinski definition) is 9. The number of hydrogen-bond donors (Lipinski definition) is 3. The van der Waals surface area contributed by atoms with Gasteiger partial charge in [-0.25, -0.2) is 36.3 Å². The Morgan fingerprint density at radius 1 is 0.630 bits per heavy atom. The van der Waals surface area contributed by atoms with Gasteiger partial charge in [0.15, 0.2) is 0 Å². The molecule has 4 N–H and O–H groups in total. The summed E-state index contributed by atoms with van der Waals surface area (Å²) in [7, 11) is -6.90. The van der Waals surface area contributed by atoms with Crippen LogP contribution in [0.4, 0.5) is 16.2 Å². The monoisotopic (exact) mass is 782 g/mol. The molecule has 0 spiro atoms. The number of likely N-dealkylation sites (tertiary alicyclic amines) is 2. The van der Waals surface area contributed by atoms with Crippen LogP contribution in [-0.2, 0) is 76.2 Å². The van der Waals surface area contributed by atoms with Gasteiger partial charge in [-0.05, 0) is 173 Å². The van der Waals surface area contributed by atoms with Crippen LogP contribution in [0.5, 0.6) is 0 Å². The molecular formula is C40H58N6O6S2. The molecule has 2 aliphatic heterocycles. The number of aryl methyl sites for hydroxylation is 4. The van der Waals surface area contributed by atoms with Crippen molar-refractivity contribution in [1.82, 2.24) is 14.5 Å². The van der Waals surface area contributed by atoms with Crippen molar-refractivity contribution < 1.29 is 26.4 Å². The number of fused-ring (bicyclic) bond motifs is 4. The summed E-state index contributed by atoms with van der Waals surface area (Å²) in [5.41, 5.74) is 12.4. The molecule has 2 heterocycles. The maximum absolute atomic E-state index is 12.5. The molecule has 6 aliphatic rings. The maximum atomic E-state index is 12.5. The molecule has 2 amide bonds. The number of anilines is 1. The van der Waals surface area contributed by atoms with E-state index >= 15 is 0 Å². The van der Waals surface area contributed by atoms with Gasteiger partial charge in [0.05, 0.1) is 17.2 Å². The van der Waals surface area contributed by atoms with Gasteiger partial charge in [0, 0.05) is 18.8 Å². The van der Waals surface area contributed by atoms with Gasteiger partial charge in [0.1, 0.15) is 0 Å². The predicted octanol–water partition coefficient (Wildman–Crippen LogP) is 4.99. The van der Waals surface area contributed by atoms with E-state index in [2.05, 4.69) is 37.0 Å². The molecule has 4 aliphatic carbocycles. The van der Waals surface area contributed by atoms with Crippen molar-refractivity contribution in [1.29, 1.82) is 0 Å². The number of amides is 2. The zero-order valence-corrected chi connectivity index (χ0v) is 33.4. The lowest BCUT2D eigenvalue weighted by molar-refractivity contribution is 0.240. The molecular weight excluding hydrogens is 725 g/mol. The van der Waals surface area contributed by atoms with Crippen molar-refractivity contribution in [2.24, 2.45) is 10.1 Å². The lowest BCUT2D eigenvalue weighted by Gasteiger charge is -2.26. The average molecular weight is 783 g/mol. The quantitative estimate of drug-likeness (QED) is 0.236. The first-order valence-corrected chi connectivity index (χ1v) is 23.5. The minimum absolute atomic E-state index is 0.0363. The van der Waals surface area contributed by atoms with E-state index in [9.17, 15) is 26.4 Å². The fraction of sp³-hybridized carbons (Fsp3) is 0.650. The summed E-state index contributed by atoms with van der Waals surface area (Å²) in [5, 5.41) is 7.79. The molecule has 296 valence electrons. The molecule has 14 heteroatoms. The first-order valence-electron chi connectivity index (χ1n) is 20.2. The van der Waals surface area contributed by atoms with Gasteiger partial charge in [-0.15, -0.1) is 0 Å². The van der Waals surface area contributed by atoms with Crippen molar-refractivity contribution in [3.05, 3.63) is 56.6 Å². The van der Waals surface area contributed by atoms with Crippen molar-refractivity contribution >= 4 is 43.5 Å². The summed E-state index contributed by atoms with van der Waals surface area (Å²) in [5.74, 6) is 0.0540. The second-order valence-electron chi connectivity index (χ2n) is 15.7. The van der Waals surface area contributed by atoms with Gasteiger partial charge in [-0.2, -0.15) is 4.99 Å². The Bertz CT molecular complexity index is 1870. The van der Waals surface area contributed by atoms with Crippen molar-refractivity contribution in [3.63, 3.8) is 0 Å². The van der Waals surface area contributed by atoms with Gasteiger partial charge >= 0.3 is 6.03 Å². The largest absolute Gasteiger partial charge is 0.332 e. The molecule has 2 saturated heterocycles. The van der Waals surface area contributed by atoms with Gasteiger partial charge < -0.3 is 15.1 Å². The summed E-state index contributed by atoms with van der Waals surface area (Å²) in [6, 6.07) is 4.01. The second kappa shape index (κ2) is 18.7. The van der Waals surface area contributed by atoms with E-state index in [4.69, 9.17) is 5.14 Å². The van der Waals surface area contributed by atoms with Crippen molar-refractivity contribution in [2.75, 3.05) is 56.1 Å². The number of piperidine rings is 2. The number of rotatable bonds is 9. The summed E-state index contributed by atoms with van der Waals surface area (Å²) < 4.78 is 48.2. The summed E-state index contributed by atoms with van der Waals surface area (Å²) in [4.78, 5) is 31.2. The topological polar surface area (TPSA) is 171 Å².